The number of thioether (sulfide) groups is 1. The van der Waals surface area contributed by atoms with Gasteiger partial charge in [0.05, 0.1) is 10.6 Å². The molecule has 1 spiro atoms. The van der Waals surface area contributed by atoms with E-state index in [0.717, 1.165) is 22.1 Å². The largest absolute Gasteiger partial charge is 0.252 e. The molecule has 0 N–H and O–H groups in total. The Morgan fingerprint density at radius 2 is 1.67 bits per heavy atom. The van der Waals surface area contributed by atoms with E-state index < -0.39 is 21.5 Å². The molecule has 1 saturated heterocycles. The van der Waals surface area contributed by atoms with Crippen LogP contribution < -0.4 is 0 Å². The third-order valence-electron chi connectivity index (χ3n) is 5.41. The molecule has 4 rings (SSSR count). The van der Waals surface area contributed by atoms with Gasteiger partial charge >= 0.3 is 0 Å². The van der Waals surface area contributed by atoms with Crippen molar-refractivity contribution in [3.63, 3.8) is 0 Å². The maximum absolute atomic E-state index is 13.2. The molecule has 158 valence electrons. The molecule has 0 bridgehead atoms. The lowest BCUT2D eigenvalue weighted by atomic mass is 10.00. The Hall–Kier alpha value is -2.03. The van der Waals surface area contributed by atoms with E-state index in [1.54, 1.807) is 11.8 Å². The molecule has 0 radical (unpaired) electrons. The number of halogens is 1. The minimum absolute atomic E-state index is 0.112. The molecule has 30 heavy (non-hydrogen) atoms. The molecule has 0 saturated carbocycles. The maximum Gasteiger partial charge on any atom is 0.243 e. The first-order valence-corrected chi connectivity index (χ1v) is 12.4. The van der Waals surface area contributed by atoms with Crippen LogP contribution in [0, 0.1) is 12.7 Å². The normalized spacial score (nSPS) is 19.0. The third-order valence-corrected chi connectivity index (χ3v) is 8.17. The number of piperidine rings is 1. The molecule has 0 aromatic heterocycles. The molecule has 0 aliphatic carbocycles. The van der Waals surface area contributed by atoms with Gasteiger partial charge in [0.2, 0.25) is 10.0 Å². The van der Waals surface area contributed by atoms with Crippen LogP contribution >= 0.6 is 11.8 Å². The fourth-order valence-electron chi connectivity index (χ4n) is 3.72. The highest BCUT2D eigenvalue weighted by atomic mass is 32.2. The van der Waals surface area contributed by atoms with Crippen LogP contribution in [-0.4, -0.2) is 48.0 Å². The number of nitrogens with zero attached hydrogens (tertiary/aromatic N) is 3. The minimum Gasteiger partial charge on any atom is -0.252 e. The van der Waals surface area contributed by atoms with Gasteiger partial charge in [-0.25, -0.2) is 17.8 Å². The average molecular weight is 446 g/mol. The highest BCUT2D eigenvalue weighted by Crippen LogP contribution is 2.37. The monoisotopic (exact) mass is 445 g/mol. The summed E-state index contributed by atoms with van der Waals surface area (Å²) in [6.07, 6.45) is 1.05. The lowest BCUT2D eigenvalue weighted by Crippen LogP contribution is -2.44. The first-order chi connectivity index (χ1) is 14.3. The lowest BCUT2D eigenvalue weighted by molar-refractivity contribution is 0.249. The van der Waals surface area contributed by atoms with Gasteiger partial charge in [0, 0.05) is 31.5 Å². The van der Waals surface area contributed by atoms with Crippen molar-refractivity contribution < 1.29 is 12.8 Å². The second-order valence-electron chi connectivity index (χ2n) is 7.52. The summed E-state index contributed by atoms with van der Waals surface area (Å²) in [7, 11) is -3.65. The SMILES string of the molecule is CCSC1=NC2(CCN(S(=O)(=O)c3ccc(F)cc3)CC2)N=C1c1ccc(C)cc1. The van der Waals surface area contributed by atoms with Crippen molar-refractivity contribution in [3.05, 3.63) is 65.5 Å². The fraction of sp³-hybridized carbons (Fsp3) is 0.364. The summed E-state index contributed by atoms with van der Waals surface area (Å²) >= 11 is 1.67. The zero-order chi connectivity index (χ0) is 21.4. The maximum atomic E-state index is 13.2. The summed E-state index contributed by atoms with van der Waals surface area (Å²) in [5.41, 5.74) is 2.52. The molecule has 0 amide bonds. The molecule has 2 heterocycles. The van der Waals surface area contributed by atoms with E-state index >= 15 is 0 Å². The van der Waals surface area contributed by atoms with Gasteiger partial charge in [0.1, 0.15) is 10.9 Å². The van der Waals surface area contributed by atoms with Crippen molar-refractivity contribution in [1.29, 1.82) is 0 Å². The second-order valence-corrected chi connectivity index (χ2v) is 10.7. The van der Waals surface area contributed by atoms with Crippen LogP contribution in [0.25, 0.3) is 0 Å². The Morgan fingerprint density at radius 1 is 1.03 bits per heavy atom. The highest BCUT2D eigenvalue weighted by molar-refractivity contribution is 8.15. The summed E-state index contributed by atoms with van der Waals surface area (Å²) < 4.78 is 40.5. The molecule has 0 unspecified atom stereocenters. The van der Waals surface area contributed by atoms with E-state index in [1.807, 2.05) is 0 Å². The van der Waals surface area contributed by atoms with Crippen molar-refractivity contribution in [1.82, 2.24) is 4.31 Å². The first kappa shape index (κ1) is 21.2. The Morgan fingerprint density at radius 3 is 2.27 bits per heavy atom. The van der Waals surface area contributed by atoms with Crippen LogP contribution in [-0.2, 0) is 10.0 Å². The average Bonchev–Trinajstić information content (AvgIpc) is 3.07. The number of sulfonamides is 1. The van der Waals surface area contributed by atoms with E-state index in [1.165, 1.54) is 34.1 Å². The topological polar surface area (TPSA) is 62.1 Å². The predicted molar refractivity (Wildman–Crippen MR) is 120 cm³/mol. The van der Waals surface area contributed by atoms with E-state index in [0.29, 0.717) is 25.9 Å². The number of rotatable bonds is 4. The fourth-order valence-corrected chi connectivity index (χ4v) is 5.97. The van der Waals surface area contributed by atoms with Crippen LogP contribution in [0.5, 0.6) is 0 Å². The van der Waals surface area contributed by atoms with E-state index in [4.69, 9.17) is 9.98 Å². The molecule has 0 atom stereocenters. The molecule has 5 nitrogen and oxygen atoms in total. The smallest absolute Gasteiger partial charge is 0.243 e. The Balaban J connectivity index is 1.57. The quantitative estimate of drug-likeness (QED) is 0.706. The summed E-state index contributed by atoms with van der Waals surface area (Å²) in [5.74, 6) is 0.441. The van der Waals surface area contributed by atoms with Crippen LogP contribution in [0.15, 0.2) is 63.4 Å². The Kier molecular flexibility index (Phi) is 5.83. The summed E-state index contributed by atoms with van der Waals surface area (Å²) in [6.45, 7) is 4.80. The highest BCUT2D eigenvalue weighted by Gasteiger charge is 2.42. The van der Waals surface area contributed by atoms with Crippen molar-refractivity contribution in [2.24, 2.45) is 9.98 Å². The summed E-state index contributed by atoms with van der Waals surface area (Å²) in [4.78, 5) is 10.1. The molecule has 8 heteroatoms. The molecule has 2 aromatic rings. The van der Waals surface area contributed by atoms with Crippen molar-refractivity contribution in [3.8, 4) is 0 Å². The number of benzene rings is 2. The lowest BCUT2D eigenvalue weighted by Gasteiger charge is -2.34. The Bertz CT molecular complexity index is 1090. The van der Waals surface area contributed by atoms with Gasteiger partial charge in [0.15, 0.2) is 5.66 Å². The van der Waals surface area contributed by atoms with Crippen LogP contribution in [0.1, 0.15) is 30.9 Å². The standard InChI is InChI=1S/C22H24FN3O2S2/c1-3-29-21-20(17-6-4-16(2)5-7-17)24-22(25-21)12-14-26(15-13-22)30(27,28)19-10-8-18(23)9-11-19/h4-11H,3,12-15H2,1-2H3. The Labute approximate surface area is 181 Å². The van der Waals surface area contributed by atoms with E-state index in [-0.39, 0.29) is 4.90 Å². The first-order valence-electron chi connectivity index (χ1n) is 9.99. The molecular formula is C22H24FN3O2S2. The van der Waals surface area contributed by atoms with Gasteiger partial charge < -0.3 is 0 Å². The molecular weight excluding hydrogens is 421 g/mol. The van der Waals surface area contributed by atoms with Crippen LogP contribution in [0.2, 0.25) is 0 Å². The molecule has 2 aliphatic rings. The minimum atomic E-state index is -3.65. The number of hydrogen-bond donors (Lipinski definition) is 0. The zero-order valence-electron chi connectivity index (χ0n) is 17.0. The third kappa shape index (κ3) is 4.08. The van der Waals surface area contributed by atoms with Gasteiger partial charge in [-0.05, 0) is 36.9 Å². The summed E-state index contributed by atoms with van der Waals surface area (Å²) in [6, 6.07) is 13.2. The number of aryl methyl sites for hydroxylation is 1. The second kappa shape index (κ2) is 8.24. The van der Waals surface area contributed by atoms with Crippen molar-refractivity contribution in [2.45, 2.75) is 37.2 Å². The molecule has 2 aliphatic heterocycles. The van der Waals surface area contributed by atoms with E-state index in [2.05, 4.69) is 38.1 Å². The van der Waals surface area contributed by atoms with Gasteiger partial charge in [-0.1, -0.05) is 36.8 Å². The molecule has 2 aromatic carbocycles. The molecule has 1 fully saturated rings. The van der Waals surface area contributed by atoms with Crippen molar-refractivity contribution in [2.75, 3.05) is 18.8 Å². The summed E-state index contributed by atoms with van der Waals surface area (Å²) in [5, 5.41) is 0.927. The van der Waals surface area contributed by atoms with Gasteiger partial charge in [-0.15, -0.1) is 11.8 Å². The zero-order valence-corrected chi connectivity index (χ0v) is 18.6. The van der Waals surface area contributed by atoms with Crippen molar-refractivity contribution >= 4 is 32.5 Å². The van der Waals surface area contributed by atoms with E-state index in [9.17, 15) is 12.8 Å². The van der Waals surface area contributed by atoms with Gasteiger partial charge in [0.25, 0.3) is 0 Å². The number of hydrogen-bond acceptors (Lipinski definition) is 5. The predicted octanol–water partition coefficient (Wildman–Crippen LogP) is 4.27. The van der Waals surface area contributed by atoms with Crippen LogP contribution in [0.3, 0.4) is 0 Å². The van der Waals surface area contributed by atoms with Crippen LogP contribution in [0.4, 0.5) is 4.39 Å². The van der Waals surface area contributed by atoms with Gasteiger partial charge in [-0.3, -0.25) is 4.99 Å². The van der Waals surface area contributed by atoms with Gasteiger partial charge in [-0.2, -0.15) is 4.31 Å². The number of aliphatic imine (C=N–C) groups is 2.